The van der Waals surface area contributed by atoms with E-state index < -0.39 is 0 Å². The van der Waals surface area contributed by atoms with Crippen LogP contribution in [0.25, 0.3) is 0 Å². The highest BCUT2D eigenvalue weighted by Crippen LogP contribution is 2.18. The van der Waals surface area contributed by atoms with Crippen LogP contribution in [0.3, 0.4) is 0 Å². The molecule has 3 N–H and O–H groups in total. The molecule has 5 heteroatoms. The Morgan fingerprint density at radius 1 is 1.24 bits per heavy atom. The number of hydrogen-bond acceptors (Lipinski definition) is 3. The van der Waals surface area contributed by atoms with Crippen LogP contribution in [-0.4, -0.2) is 17.6 Å². The molecule has 0 radical (unpaired) electrons. The van der Waals surface area contributed by atoms with Crippen molar-refractivity contribution in [3.8, 4) is 0 Å². The second kappa shape index (κ2) is 6.74. The lowest BCUT2D eigenvalue weighted by atomic mass is 10.1. The highest BCUT2D eigenvalue weighted by molar-refractivity contribution is 5.97. The van der Waals surface area contributed by atoms with Crippen LogP contribution in [0.15, 0.2) is 53.7 Å². The third kappa shape index (κ3) is 3.72. The van der Waals surface area contributed by atoms with Gasteiger partial charge < -0.3 is 15.8 Å². The SMILES string of the molecule is CCN(Cc1cccc(C(N)=NO)c1)c1cccc(F)c1. The third-order valence-corrected chi connectivity index (χ3v) is 3.26. The lowest BCUT2D eigenvalue weighted by Gasteiger charge is -2.23. The minimum absolute atomic E-state index is 0.0747. The molecule has 0 amide bonds. The smallest absolute Gasteiger partial charge is 0.170 e. The number of anilines is 1. The van der Waals surface area contributed by atoms with Crippen LogP contribution >= 0.6 is 0 Å². The Balaban J connectivity index is 2.23. The molecule has 0 bridgehead atoms. The van der Waals surface area contributed by atoms with Gasteiger partial charge in [0.15, 0.2) is 5.84 Å². The molecule has 0 saturated heterocycles. The maximum Gasteiger partial charge on any atom is 0.170 e. The number of amidine groups is 1. The fourth-order valence-electron chi connectivity index (χ4n) is 2.17. The van der Waals surface area contributed by atoms with Crippen molar-refractivity contribution in [2.75, 3.05) is 11.4 Å². The number of nitrogens with two attached hydrogens (primary N) is 1. The zero-order valence-corrected chi connectivity index (χ0v) is 11.8. The zero-order chi connectivity index (χ0) is 15.2. The quantitative estimate of drug-likeness (QED) is 0.385. The average molecular weight is 287 g/mol. The summed E-state index contributed by atoms with van der Waals surface area (Å²) >= 11 is 0. The molecule has 0 saturated carbocycles. The molecule has 0 spiro atoms. The topological polar surface area (TPSA) is 61.8 Å². The van der Waals surface area contributed by atoms with Gasteiger partial charge in [-0.3, -0.25) is 0 Å². The van der Waals surface area contributed by atoms with Gasteiger partial charge in [-0.25, -0.2) is 4.39 Å². The van der Waals surface area contributed by atoms with Gasteiger partial charge >= 0.3 is 0 Å². The fourth-order valence-corrected chi connectivity index (χ4v) is 2.17. The van der Waals surface area contributed by atoms with Crippen LogP contribution in [0.5, 0.6) is 0 Å². The van der Waals surface area contributed by atoms with E-state index in [0.717, 1.165) is 17.8 Å². The first-order valence-electron chi connectivity index (χ1n) is 6.71. The highest BCUT2D eigenvalue weighted by Gasteiger charge is 2.08. The monoisotopic (exact) mass is 287 g/mol. The minimum Gasteiger partial charge on any atom is -0.409 e. The molecule has 0 heterocycles. The second-order valence-corrected chi connectivity index (χ2v) is 4.68. The Hall–Kier alpha value is -2.56. The van der Waals surface area contributed by atoms with Gasteiger partial charge in [0.05, 0.1) is 0 Å². The molecule has 0 unspecified atom stereocenters. The predicted octanol–water partition coefficient (Wildman–Crippen LogP) is 2.95. The summed E-state index contributed by atoms with van der Waals surface area (Å²) in [5.41, 5.74) is 8.08. The summed E-state index contributed by atoms with van der Waals surface area (Å²) < 4.78 is 13.3. The van der Waals surface area contributed by atoms with Crippen LogP contribution in [0.2, 0.25) is 0 Å². The van der Waals surface area contributed by atoms with E-state index >= 15 is 0 Å². The third-order valence-electron chi connectivity index (χ3n) is 3.26. The first kappa shape index (κ1) is 14.8. The maximum absolute atomic E-state index is 13.3. The normalized spacial score (nSPS) is 11.4. The van der Waals surface area contributed by atoms with Crippen LogP contribution in [0.1, 0.15) is 18.1 Å². The van der Waals surface area contributed by atoms with Crippen molar-refractivity contribution in [1.82, 2.24) is 0 Å². The second-order valence-electron chi connectivity index (χ2n) is 4.68. The molecular weight excluding hydrogens is 269 g/mol. The summed E-state index contributed by atoms with van der Waals surface area (Å²) in [5.74, 6) is -0.179. The molecule has 21 heavy (non-hydrogen) atoms. The summed E-state index contributed by atoms with van der Waals surface area (Å²) in [6.07, 6.45) is 0. The Kier molecular flexibility index (Phi) is 4.77. The van der Waals surface area contributed by atoms with Crippen molar-refractivity contribution >= 4 is 11.5 Å². The number of rotatable bonds is 5. The van der Waals surface area contributed by atoms with Gasteiger partial charge in [0.25, 0.3) is 0 Å². The van der Waals surface area contributed by atoms with Crippen molar-refractivity contribution in [2.24, 2.45) is 10.9 Å². The van der Waals surface area contributed by atoms with Gasteiger partial charge in [-0.05, 0) is 36.8 Å². The summed E-state index contributed by atoms with van der Waals surface area (Å²) in [7, 11) is 0. The van der Waals surface area contributed by atoms with E-state index in [1.54, 1.807) is 12.1 Å². The van der Waals surface area contributed by atoms with Crippen LogP contribution < -0.4 is 10.6 Å². The van der Waals surface area contributed by atoms with E-state index in [9.17, 15) is 4.39 Å². The maximum atomic E-state index is 13.3. The van der Waals surface area contributed by atoms with Gasteiger partial charge in [0.2, 0.25) is 0 Å². The van der Waals surface area contributed by atoms with E-state index in [1.165, 1.54) is 12.1 Å². The number of oxime groups is 1. The molecule has 2 aromatic carbocycles. The van der Waals surface area contributed by atoms with Gasteiger partial charge in [-0.1, -0.05) is 29.4 Å². The zero-order valence-electron chi connectivity index (χ0n) is 11.8. The molecule has 0 fully saturated rings. The van der Waals surface area contributed by atoms with Crippen molar-refractivity contribution < 1.29 is 9.60 Å². The van der Waals surface area contributed by atoms with Crippen molar-refractivity contribution in [1.29, 1.82) is 0 Å². The van der Waals surface area contributed by atoms with Crippen LogP contribution in [-0.2, 0) is 6.54 Å². The van der Waals surface area contributed by atoms with E-state index in [4.69, 9.17) is 10.9 Å². The summed E-state index contributed by atoms with van der Waals surface area (Å²) in [6.45, 7) is 3.38. The number of halogens is 1. The van der Waals surface area contributed by atoms with E-state index in [0.29, 0.717) is 12.1 Å². The number of hydrogen-bond donors (Lipinski definition) is 2. The standard InChI is InChI=1S/C16H18FN3O/c1-2-20(15-8-4-7-14(17)10-15)11-12-5-3-6-13(9-12)16(18)19-21/h3-10,21H,2,11H2,1H3,(H2,18,19). The summed E-state index contributed by atoms with van der Waals surface area (Å²) in [5, 5.41) is 11.7. The van der Waals surface area contributed by atoms with Crippen molar-refractivity contribution in [2.45, 2.75) is 13.5 Å². The molecular formula is C16H18FN3O. The fraction of sp³-hybridized carbons (Fsp3) is 0.188. The Morgan fingerprint density at radius 2 is 2.00 bits per heavy atom. The van der Waals surface area contributed by atoms with Gasteiger partial charge in [-0.2, -0.15) is 0 Å². The highest BCUT2D eigenvalue weighted by atomic mass is 19.1. The molecule has 4 nitrogen and oxygen atoms in total. The van der Waals surface area contributed by atoms with Crippen molar-refractivity contribution in [3.05, 3.63) is 65.5 Å². The van der Waals surface area contributed by atoms with Crippen LogP contribution in [0.4, 0.5) is 10.1 Å². The largest absolute Gasteiger partial charge is 0.409 e. The van der Waals surface area contributed by atoms with Gasteiger partial charge in [-0.15, -0.1) is 0 Å². The number of benzene rings is 2. The van der Waals surface area contributed by atoms with Crippen molar-refractivity contribution in [3.63, 3.8) is 0 Å². The van der Waals surface area contributed by atoms with Gasteiger partial charge in [0, 0.05) is 24.3 Å². The van der Waals surface area contributed by atoms with Crippen LogP contribution in [0, 0.1) is 5.82 Å². The first-order chi connectivity index (χ1) is 10.1. The Labute approximate surface area is 123 Å². The lowest BCUT2D eigenvalue weighted by Crippen LogP contribution is -2.22. The molecule has 2 rings (SSSR count). The summed E-state index contributed by atoms with van der Waals surface area (Å²) in [4.78, 5) is 2.05. The van der Waals surface area contributed by atoms with E-state index in [-0.39, 0.29) is 11.7 Å². The molecule has 2 aromatic rings. The number of nitrogens with zero attached hydrogens (tertiary/aromatic N) is 2. The first-order valence-corrected chi connectivity index (χ1v) is 6.71. The molecule has 110 valence electrons. The Morgan fingerprint density at radius 3 is 2.67 bits per heavy atom. The van der Waals surface area contributed by atoms with E-state index in [1.807, 2.05) is 31.2 Å². The van der Waals surface area contributed by atoms with Gasteiger partial charge in [0.1, 0.15) is 5.82 Å². The molecule has 0 aliphatic rings. The Bertz CT molecular complexity index is 643. The molecule has 0 aliphatic carbocycles. The average Bonchev–Trinajstić information content (AvgIpc) is 2.52. The summed E-state index contributed by atoms with van der Waals surface area (Å²) in [6, 6.07) is 13.9. The predicted molar refractivity (Wildman–Crippen MR) is 82.1 cm³/mol. The molecule has 0 aliphatic heterocycles. The molecule has 0 atom stereocenters. The lowest BCUT2D eigenvalue weighted by molar-refractivity contribution is 0.318. The minimum atomic E-state index is -0.253. The molecule has 0 aromatic heterocycles. The van der Waals surface area contributed by atoms with E-state index in [2.05, 4.69) is 10.1 Å².